The first-order valence-corrected chi connectivity index (χ1v) is 10.1. The van der Waals surface area contributed by atoms with Crippen molar-refractivity contribution in [3.63, 3.8) is 0 Å². The van der Waals surface area contributed by atoms with Crippen LogP contribution in [0.2, 0.25) is 0 Å². The number of hydrogen-bond donors (Lipinski definition) is 2. The van der Waals surface area contributed by atoms with Crippen molar-refractivity contribution in [1.82, 2.24) is 10.6 Å². The maximum atomic E-state index is 12.0. The molecule has 2 aliphatic carbocycles. The molecule has 2 amide bonds. The molecule has 0 aromatic heterocycles. The Hall–Kier alpha value is -1.06. The first-order valence-electron chi connectivity index (χ1n) is 10.1. The topological polar surface area (TPSA) is 58.2 Å². The van der Waals surface area contributed by atoms with Crippen molar-refractivity contribution in [2.75, 3.05) is 0 Å². The molecule has 2 fully saturated rings. The number of carbonyl (C=O) groups excluding carboxylic acids is 2. The number of amides is 2. The van der Waals surface area contributed by atoms with Gasteiger partial charge in [-0.25, -0.2) is 0 Å². The summed E-state index contributed by atoms with van der Waals surface area (Å²) in [4.78, 5) is 23.9. The lowest BCUT2D eigenvalue weighted by Gasteiger charge is -2.27. The maximum Gasteiger partial charge on any atom is 0.220 e. The molecule has 0 bridgehead atoms. The van der Waals surface area contributed by atoms with Crippen LogP contribution in [-0.4, -0.2) is 23.9 Å². The Kier molecular flexibility index (Phi) is 8.07. The molecule has 4 heteroatoms. The van der Waals surface area contributed by atoms with E-state index in [4.69, 9.17) is 0 Å². The Morgan fingerprint density at radius 2 is 1.00 bits per heavy atom. The monoisotopic (exact) mass is 336 g/mol. The minimum atomic E-state index is 0.163. The Morgan fingerprint density at radius 3 is 1.33 bits per heavy atom. The molecule has 0 unspecified atom stereocenters. The van der Waals surface area contributed by atoms with Gasteiger partial charge in [0.2, 0.25) is 11.8 Å². The van der Waals surface area contributed by atoms with Crippen LogP contribution in [0.1, 0.15) is 90.9 Å². The number of unbranched alkanes of at least 4 members (excludes halogenated alkanes) is 1. The Balaban J connectivity index is 1.49. The number of nitrogens with one attached hydrogen (secondary N) is 2. The summed E-state index contributed by atoms with van der Waals surface area (Å²) in [5, 5.41) is 6.32. The zero-order valence-corrected chi connectivity index (χ0v) is 15.6. The normalized spacial score (nSPS) is 30.6. The summed E-state index contributed by atoms with van der Waals surface area (Å²) in [7, 11) is 0. The fourth-order valence-corrected chi connectivity index (χ4v) is 3.98. The van der Waals surface area contributed by atoms with Crippen molar-refractivity contribution in [2.24, 2.45) is 11.8 Å². The molecule has 0 radical (unpaired) electrons. The van der Waals surface area contributed by atoms with Crippen LogP contribution in [0, 0.1) is 11.8 Å². The van der Waals surface area contributed by atoms with E-state index in [2.05, 4.69) is 24.5 Å². The van der Waals surface area contributed by atoms with Crippen LogP contribution in [0.4, 0.5) is 0 Å². The van der Waals surface area contributed by atoms with Gasteiger partial charge in [-0.1, -0.05) is 13.8 Å². The Morgan fingerprint density at radius 1 is 0.667 bits per heavy atom. The lowest BCUT2D eigenvalue weighted by atomic mass is 9.87. The molecule has 2 aliphatic rings. The van der Waals surface area contributed by atoms with E-state index in [1.807, 2.05) is 0 Å². The minimum Gasteiger partial charge on any atom is -0.353 e. The van der Waals surface area contributed by atoms with E-state index in [-0.39, 0.29) is 11.8 Å². The molecule has 0 heterocycles. The third-order valence-electron chi connectivity index (χ3n) is 5.82. The van der Waals surface area contributed by atoms with Crippen LogP contribution in [0.25, 0.3) is 0 Å². The summed E-state index contributed by atoms with van der Waals surface area (Å²) in [6.07, 6.45) is 12.1. The van der Waals surface area contributed by atoms with Gasteiger partial charge in [0.25, 0.3) is 0 Å². The van der Waals surface area contributed by atoms with E-state index in [0.29, 0.717) is 24.9 Å². The van der Waals surface area contributed by atoms with Crippen LogP contribution < -0.4 is 10.6 Å². The molecule has 0 spiro atoms. The fraction of sp³-hybridized carbons (Fsp3) is 0.900. The Bertz CT molecular complexity index is 356. The first-order chi connectivity index (χ1) is 11.5. The van der Waals surface area contributed by atoms with E-state index in [1.54, 1.807) is 0 Å². The molecule has 0 aromatic rings. The highest BCUT2D eigenvalue weighted by Gasteiger charge is 2.20. The predicted octanol–water partition coefficient (Wildman–Crippen LogP) is 3.94. The fourth-order valence-electron chi connectivity index (χ4n) is 3.98. The van der Waals surface area contributed by atoms with Crippen molar-refractivity contribution in [3.05, 3.63) is 0 Å². The number of carbonyl (C=O) groups is 2. The van der Waals surface area contributed by atoms with Gasteiger partial charge >= 0.3 is 0 Å². The van der Waals surface area contributed by atoms with E-state index >= 15 is 0 Å². The SMILES string of the molecule is CC1CCC(NC(=O)CCCCC(=O)NC2CCC(C)CC2)CC1. The summed E-state index contributed by atoms with van der Waals surface area (Å²) in [5.74, 6) is 1.94. The largest absolute Gasteiger partial charge is 0.353 e. The molecule has 138 valence electrons. The van der Waals surface area contributed by atoms with Crippen LogP contribution in [0.3, 0.4) is 0 Å². The molecule has 2 saturated carbocycles. The third kappa shape index (κ3) is 7.23. The van der Waals surface area contributed by atoms with Crippen LogP contribution in [0.5, 0.6) is 0 Å². The van der Waals surface area contributed by atoms with E-state index in [9.17, 15) is 9.59 Å². The smallest absolute Gasteiger partial charge is 0.220 e. The van der Waals surface area contributed by atoms with Gasteiger partial charge in [0.15, 0.2) is 0 Å². The van der Waals surface area contributed by atoms with Crippen molar-refractivity contribution in [1.29, 1.82) is 0 Å². The summed E-state index contributed by atoms with van der Waals surface area (Å²) < 4.78 is 0. The Labute approximate surface area is 147 Å². The molecule has 0 atom stereocenters. The molecule has 0 saturated heterocycles. The lowest BCUT2D eigenvalue weighted by Crippen LogP contribution is -2.37. The van der Waals surface area contributed by atoms with Crippen molar-refractivity contribution < 1.29 is 9.59 Å². The zero-order chi connectivity index (χ0) is 17.4. The maximum absolute atomic E-state index is 12.0. The summed E-state index contributed by atoms with van der Waals surface area (Å²) in [5.41, 5.74) is 0. The summed E-state index contributed by atoms with van der Waals surface area (Å²) >= 11 is 0. The number of rotatable bonds is 7. The molecule has 4 nitrogen and oxygen atoms in total. The molecule has 2 N–H and O–H groups in total. The average molecular weight is 337 g/mol. The summed E-state index contributed by atoms with van der Waals surface area (Å²) in [6.45, 7) is 4.58. The summed E-state index contributed by atoms with van der Waals surface area (Å²) in [6, 6.07) is 0.761. The van der Waals surface area contributed by atoms with Crippen LogP contribution >= 0.6 is 0 Å². The highest BCUT2D eigenvalue weighted by atomic mass is 16.2. The highest BCUT2D eigenvalue weighted by Crippen LogP contribution is 2.24. The van der Waals surface area contributed by atoms with Gasteiger partial charge in [-0.05, 0) is 76.0 Å². The van der Waals surface area contributed by atoms with Crippen molar-refractivity contribution in [3.8, 4) is 0 Å². The second-order valence-electron chi connectivity index (χ2n) is 8.26. The second-order valence-corrected chi connectivity index (χ2v) is 8.26. The van der Waals surface area contributed by atoms with Crippen molar-refractivity contribution in [2.45, 2.75) is 103 Å². The molecular formula is C20H36N2O2. The van der Waals surface area contributed by atoms with E-state index in [1.165, 1.54) is 25.7 Å². The highest BCUT2D eigenvalue weighted by molar-refractivity contribution is 5.77. The van der Waals surface area contributed by atoms with Gasteiger partial charge in [-0.2, -0.15) is 0 Å². The second kappa shape index (κ2) is 10.0. The quantitative estimate of drug-likeness (QED) is 0.692. The zero-order valence-electron chi connectivity index (χ0n) is 15.6. The van der Waals surface area contributed by atoms with Crippen LogP contribution in [0.15, 0.2) is 0 Å². The van der Waals surface area contributed by atoms with Crippen LogP contribution in [-0.2, 0) is 9.59 Å². The van der Waals surface area contributed by atoms with Gasteiger partial charge in [0, 0.05) is 24.9 Å². The van der Waals surface area contributed by atoms with E-state index < -0.39 is 0 Å². The molecule has 24 heavy (non-hydrogen) atoms. The lowest BCUT2D eigenvalue weighted by molar-refractivity contribution is -0.124. The molecule has 0 aliphatic heterocycles. The predicted molar refractivity (Wildman–Crippen MR) is 97.6 cm³/mol. The van der Waals surface area contributed by atoms with Gasteiger partial charge in [-0.15, -0.1) is 0 Å². The van der Waals surface area contributed by atoms with Gasteiger partial charge in [-0.3, -0.25) is 9.59 Å². The minimum absolute atomic E-state index is 0.163. The molecule has 2 rings (SSSR count). The average Bonchev–Trinajstić information content (AvgIpc) is 2.56. The molecular weight excluding hydrogens is 300 g/mol. The first kappa shape index (κ1) is 19.3. The third-order valence-corrected chi connectivity index (χ3v) is 5.82. The number of hydrogen-bond acceptors (Lipinski definition) is 2. The van der Waals surface area contributed by atoms with Gasteiger partial charge in [0.1, 0.15) is 0 Å². The van der Waals surface area contributed by atoms with E-state index in [0.717, 1.165) is 50.4 Å². The van der Waals surface area contributed by atoms with Crippen molar-refractivity contribution >= 4 is 11.8 Å². The van der Waals surface area contributed by atoms with Gasteiger partial charge in [0.05, 0.1) is 0 Å². The molecule has 0 aromatic carbocycles. The standard InChI is InChI=1S/C20H36N2O2/c1-15-7-11-17(12-8-15)21-19(23)5-3-4-6-20(24)22-18-13-9-16(2)10-14-18/h15-18H,3-14H2,1-2H3,(H,21,23)(H,22,24). The van der Waals surface area contributed by atoms with Gasteiger partial charge < -0.3 is 10.6 Å².